The van der Waals surface area contributed by atoms with Crippen molar-refractivity contribution in [1.29, 1.82) is 0 Å². The van der Waals surface area contributed by atoms with Crippen LogP contribution in [0.3, 0.4) is 0 Å². The molecule has 2 aromatic rings. The minimum atomic E-state index is -0.158. The molecular weight excluding hydrogens is 302 g/mol. The normalized spacial score (nSPS) is 11.9. The van der Waals surface area contributed by atoms with Crippen molar-refractivity contribution >= 4 is 22.6 Å². The predicted octanol–water partition coefficient (Wildman–Crippen LogP) is 2.07. The fraction of sp³-hybridized carbons (Fsp3) is 0.368. The Bertz CT molecular complexity index is 700. The minimum Gasteiger partial charge on any atom is -0.354 e. The molecule has 24 heavy (non-hydrogen) atoms. The lowest BCUT2D eigenvalue weighted by Crippen LogP contribution is -2.39. The van der Waals surface area contributed by atoms with Crippen LogP contribution in [0.15, 0.2) is 42.5 Å². The molecule has 2 amide bonds. The first-order valence-electron chi connectivity index (χ1n) is 8.37. The van der Waals surface area contributed by atoms with Gasteiger partial charge in [-0.3, -0.25) is 9.59 Å². The molecule has 5 nitrogen and oxygen atoms in total. The topological polar surface area (TPSA) is 70.2 Å². The van der Waals surface area contributed by atoms with Crippen LogP contribution >= 0.6 is 0 Å². The van der Waals surface area contributed by atoms with Crippen molar-refractivity contribution in [3.8, 4) is 0 Å². The van der Waals surface area contributed by atoms with Crippen LogP contribution in [-0.4, -0.2) is 37.5 Å². The van der Waals surface area contributed by atoms with Gasteiger partial charge in [-0.05, 0) is 36.4 Å². The molecule has 2 rings (SSSR count). The van der Waals surface area contributed by atoms with Crippen LogP contribution in [0, 0.1) is 0 Å². The Hall–Kier alpha value is -2.40. The summed E-state index contributed by atoms with van der Waals surface area (Å²) in [6.45, 7) is 5.84. The Labute approximate surface area is 142 Å². The van der Waals surface area contributed by atoms with E-state index in [0.29, 0.717) is 18.7 Å². The predicted molar refractivity (Wildman–Crippen MR) is 97.0 cm³/mol. The minimum absolute atomic E-state index is 0.0569. The van der Waals surface area contributed by atoms with Crippen molar-refractivity contribution in [1.82, 2.24) is 16.0 Å². The first-order chi connectivity index (χ1) is 11.6. The van der Waals surface area contributed by atoms with Gasteiger partial charge in [-0.25, -0.2) is 0 Å². The molecule has 0 aliphatic rings. The Morgan fingerprint density at radius 1 is 1.04 bits per heavy atom. The molecule has 5 heteroatoms. The second-order valence-corrected chi connectivity index (χ2v) is 5.83. The lowest BCUT2D eigenvalue weighted by atomic mass is 10.1. The van der Waals surface area contributed by atoms with Crippen molar-refractivity contribution in [3.63, 3.8) is 0 Å². The van der Waals surface area contributed by atoms with E-state index in [1.54, 1.807) is 6.07 Å². The highest BCUT2D eigenvalue weighted by Crippen LogP contribution is 2.15. The maximum absolute atomic E-state index is 12.2. The summed E-state index contributed by atoms with van der Waals surface area (Å²) < 4.78 is 0. The van der Waals surface area contributed by atoms with E-state index in [-0.39, 0.29) is 24.3 Å². The second-order valence-electron chi connectivity index (χ2n) is 5.83. The van der Waals surface area contributed by atoms with Crippen molar-refractivity contribution in [2.24, 2.45) is 0 Å². The van der Waals surface area contributed by atoms with E-state index in [4.69, 9.17) is 0 Å². The second kappa shape index (κ2) is 9.03. The van der Waals surface area contributed by atoms with Crippen LogP contribution in [-0.2, 0) is 4.79 Å². The van der Waals surface area contributed by atoms with Crippen molar-refractivity contribution in [2.75, 3.05) is 19.6 Å². The molecule has 0 spiro atoms. The molecule has 0 heterocycles. The summed E-state index contributed by atoms with van der Waals surface area (Å²) in [5.74, 6) is -0.215. The van der Waals surface area contributed by atoms with E-state index in [0.717, 1.165) is 17.3 Å². The van der Waals surface area contributed by atoms with Gasteiger partial charge in [0.05, 0.1) is 0 Å². The van der Waals surface area contributed by atoms with Gasteiger partial charge in [-0.1, -0.05) is 37.3 Å². The molecule has 0 unspecified atom stereocenters. The molecule has 1 atom stereocenters. The first-order valence-corrected chi connectivity index (χ1v) is 8.37. The summed E-state index contributed by atoms with van der Waals surface area (Å²) in [4.78, 5) is 23.9. The molecule has 0 saturated carbocycles. The molecule has 0 saturated heterocycles. The highest BCUT2D eigenvalue weighted by Gasteiger charge is 2.08. The Kier molecular flexibility index (Phi) is 6.75. The van der Waals surface area contributed by atoms with E-state index >= 15 is 0 Å². The first kappa shape index (κ1) is 17.9. The number of fused-ring (bicyclic) bond motifs is 1. The van der Waals surface area contributed by atoms with E-state index in [9.17, 15) is 9.59 Å². The van der Waals surface area contributed by atoms with Gasteiger partial charge in [-0.15, -0.1) is 0 Å². The Morgan fingerprint density at radius 3 is 2.54 bits per heavy atom. The molecule has 0 aromatic heterocycles. The summed E-state index contributed by atoms with van der Waals surface area (Å²) in [5, 5.41) is 11.0. The maximum Gasteiger partial charge on any atom is 0.251 e. The van der Waals surface area contributed by atoms with Crippen LogP contribution < -0.4 is 16.0 Å². The average Bonchev–Trinajstić information content (AvgIpc) is 2.59. The third kappa shape index (κ3) is 5.35. The van der Waals surface area contributed by atoms with Crippen LogP contribution in [0.5, 0.6) is 0 Å². The van der Waals surface area contributed by atoms with Gasteiger partial charge in [0.1, 0.15) is 0 Å². The average molecular weight is 327 g/mol. The zero-order valence-electron chi connectivity index (χ0n) is 14.3. The third-order valence-electron chi connectivity index (χ3n) is 3.81. The number of hydrogen-bond acceptors (Lipinski definition) is 3. The fourth-order valence-electron chi connectivity index (χ4n) is 2.50. The van der Waals surface area contributed by atoms with E-state index in [1.165, 1.54) is 0 Å². The number of benzene rings is 2. The SMILES string of the molecule is CCN[C@H](C)CNC(=O)CCNC(=O)c1ccc2ccccc2c1. The van der Waals surface area contributed by atoms with Crippen LogP contribution in [0.1, 0.15) is 30.6 Å². The maximum atomic E-state index is 12.2. The van der Waals surface area contributed by atoms with Crippen molar-refractivity contribution < 1.29 is 9.59 Å². The summed E-state index contributed by atoms with van der Waals surface area (Å²) in [6, 6.07) is 13.7. The monoisotopic (exact) mass is 327 g/mol. The largest absolute Gasteiger partial charge is 0.354 e. The summed E-state index contributed by atoms with van der Waals surface area (Å²) in [6.07, 6.45) is 0.276. The molecule has 2 aromatic carbocycles. The number of carbonyl (C=O) groups is 2. The molecule has 0 bridgehead atoms. The van der Waals surface area contributed by atoms with E-state index in [1.807, 2.05) is 50.2 Å². The smallest absolute Gasteiger partial charge is 0.251 e. The van der Waals surface area contributed by atoms with Gasteiger partial charge in [-0.2, -0.15) is 0 Å². The van der Waals surface area contributed by atoms with Gasteiger partial charge in [0.25, 0.3) is 5.91 Å². The molecule has 128 valence electrons. The Morgan fingerprint density at radius 2 is 1.79 bits per heavy atom. The lowest BCUT2D eigenvalue weighted by molar-refractivity contribution is -0.121. The van der Waals surface area contributed by atoms with Gasteiger partial charge in [0.2, 0.25) is 5.91 Å². The highest BCUT2D eigenvalue weighted by atomic mass is 16.2. The number of nitrogens with one attached hydrogen (secondary N) is 3. The summed E-state index contributed by atoms with van der Waals surface area (Å²) in [7, 11) is 0. The third-order valence-corrected chi connectivity index (χ3v) is 3.81. The highest BCUT2D eigenvalue weighted by molar-refractivity contribution is 5.98. The van der Waals surface area contributed by atoms with Gasteiger partial charge in [0, 0.05) is 31.1 Å². The quantitative estimate of drug-likeness (QED) is 0.695. The van der Waals surface area contributed by atoms with Gasteiger partial charge >= 0.3 is 0 Å². The van der Waals surface area contributed by atoms with Gasteiger partial charge in [0.15, 0.2) is 0 Å². The van der Waals surface area contributed by atoms with E-state index in [2.05, 4.69) is 16.0 Å². The van der Waals surface area contributed by atoms with Crippen LogP contribution in [0.25, 0.3) is 10.8 Å². The van der Waals surface area contributed by atoms with Crippen LogP contribution in [0.4, 0.5) is 0 Å². The molecule has 0 radical (unpaired) electrons. The number of likely N-dealkylation sites (N-methyl/N-ethyl adjacent to an activating group) is 1. The Balaban J connectivity index is 1.77. The summed E-state index contributed by atoms with van der Waals surface area (Å²) >= 11 is 0. The zero-order chi connectivity index (χ0) is 17.4. The standard InChI is InChI=1S/C19H25N3O2/c1-3-20-14(2)13-22-18(23)10-11-21-19(24)17-9-8-15-6-4-5-7-16(15)12-17/h4-9,12,14,20H,3,10-11,13H2,1-2H3,(H,21,24)(H,22,23)/t14-/m1/s1. The fourth-order valence-corrected chi connectivity index (χ4v) is 2.50. The molecular formula is C19H25N3O2. The number of rotatable bonds is 8. The van der Waals surface area contributed by atoms with Gasteiger partial charge < -0.3 is 16.0 Å². The van der Waals surface area contributed by atoms with E-state index < -0.39 is 0 Å². The van der Waals surface area contributed by atoms with Crippen molar-refractivity contribution in [2.45, 2.75) is 26.3 Å². The number of carbonyl (C=O) groups excluding carboxylic acids is 2. The number of amides is 2. The lowest BCUT2D eigenvalue weighted by Gasteiger charge is -2.13. The molecule has 0 fully saturated rings. The number of hydrogen-bond donors (Lipinski definition) is 3. The molecule has 0 aliphatic carbocycles. The summed E-state index contributed by atoms with van der Waals surface area (Å²) in [5.41, 5.74) is 0.606. The van der Waals surface area contributed by atoms with Crippen molar-refractivity contribution in [3.05, 3.63) is 48.0 Å². The van der Waals surface area contributed by atoms with Crippen LogP contribution in [0.2, 0.25) is 0 Å². The zero-order valence-corrected chi connectivity index (χ0v) is 14.3. The molecule has 0 aliphatic heterocycles. The molecule has 3 N–H and O–H groups in total.